The number of carbonyl (C=O) groups excluding carboxylic acids is 2. The molecule has 8 heteroatoms. The quantitative estimate of drug-likeness (QED) is 0.829. The predicted molar refractivity (Wildman–Crippen MR) is 103 cm³/mol. The Morgan fingerprint density at radius 3 is 2.50 bits per heavy atom. The molecule has 2 fully saturated rings. The van der Waals surface area contributed by atoms with Gasteiger partial charge >= 0.3 is 5.97 Å². The maximum absolute atomic E-state index is 12.9. The Bertz CT molecular complexity index is 776. The lowest BCUT2D eigenvalue weighted by molar-refractivity contribution is -0.145. The molecule has 2 heterocycles. The zero-order chi connectivity index (χ0) is 20.6. The van der Waals surface area contributed by atoms with Crippen LogP contribution in [-0.4, -0.2) is 69.2 Å². The Hall–Kier alpha value is -2.38. The van der Waals surface area contributed by atoms with Gasteiger partial charge in [-0.25, -0.2) is 0 Å². The molecule has 1 aromatic heterocycles. The van der Waals surface area contributed by atoms with Gasteiger partial charge in [0.25, 0.3) is 5.91 Å². The molecule has 1 aromatic rings. The highest BCUT2D eigenvalue weighted by molar-refractivity contribution is 5.95. The molecule has 1 N–H and O–H groups in total. The fraction of sp³-hybridized carbons (Fsp3) is 0.700. The molecule has 0 spiro atoms. The third-order valence-electron chi connectivity index (χ3n) is 5.43. The third-order valence-corrected chi connectivity index (χ3v) is 5.43. The van der Waals surface area contributed by atoms with Crippen LogP contribution < -0.4 is 0 Å². The van der Waals surface area contributed by atoms with Gasteiger partial charge in [0, 0.05) is 31.7 Å². The fourth-order valence-corrected chi connectivity index (χ4v) is 3.68. The van der Waals surface area contributed by atoms with E-state index in [-0.39, 0.29) is 30.4 Å². The first-order valence-electron chi connectivity index (χ1n) is 9.94. The first-order chi connectivity index (χ1) is 13.1. The van der Waals surface area contributed by atoms with E-state index in [1.54, 1.807) is 11.9 Å². The number of hydrogen-bond acceptors (Lipinski definition) is 4. The molecule has 28 heavy (non-hydrogen) atoms. The molecule has 0 radical (unpaired) electrons. The minimum absolute atomic E-state index is 0.0771. The summed E-state index contributed by atoms with van der Waals surface area (Å²) in [6, 6.07) is 1.85. The number of piperidine rings is 1. The predicted octanol–water partition coefficient (Wildman–Crippen LogP) is 1.91. The monoisotopic (exact) mass is 390 g/mol. The van der Waals surface area contributed by atoms with Crippen LogP contribution in [0.15, 0.2) is 6.07 Å². The van der Waals surface area contributed by atoms with Crippen LogP contribution in [0.2, 0.25) is 0 Å². The Kier molecular flexibility index (Phi) is 5.50. The highest BCUT2D eigenvalue weighted by atomic mass is 16.4. The van der Waals surface area contributed by atoms with Crippen LogP contribution in [0.25, 0.3) is 0 Å². The maximum Gasteiger partial charge on any atom is 0.308 e. The molecule has 1 aliphatic heterocycles. The molecule has 2 aliphatic rings. The molecule has 0 bridgehead atoms. The minimum atomic E-state index is -0.873. The summed E-state index contributed by atoms with van der Waals surface area (Å²) < 4.78 is 1.93. The number of amides is 2. The number of nitrogens with zero attached hydrogens (tertiary/aromatic N) is 4. The zero-order valence-electron chi connectivity index (χ0n) is 17.1. The zero-order valence-corrected chi connectivity index (χ0v) is 17.1. The van der Waals surface area contributed by atoms with Gasteiger partial charge in [-0.1, -0.05) is 0 Å². The van der Waals surface area contributed by atoms with Crippen LogP contribution in [0.3, 0.4) is 0 Å². The molecule has 0 aromatic carbocycles. The van der Waals surface area contributed by atoms with E-state index >= 15 is 0 Å². The van der Waals surface area contributed by atoms with Gasteiger partial charge in [-0.15, -0.1) is 0 Å². The van der Waals surface area contributed by atoms with Crippen molar-refractivity contribution in [3.8, 4) is 0 Å². The van der Waals surface area contributed by atoms with Crippen molar-refractivity contribution in [2.75, 3.05) is 26.7 Å². The summed E-state index contributed by atoms with van der Waals surface area (Å²) in [7, 11) is 1.59. The van der Waals surface area contributed by atoms with Gasteiger partial charge in [-0.05, 0) is 52.5 Å². The van der Waals surface area contributed by atoms with Crippen molar-refractivity contribution in [2.24, 2.45) is 5.92 Å². The van der Waals surface area contributed by atoms with Crippen molar-refractivity contribution >= 4 is 17.8 Å². The van der Waals surface area contributed by atoms with Crippen LogP contribution in [0.4, 0.5) is 0 Å². The van der Waals surface area contributed by atoms with Gasteiger partial charge < -0.3 is 14.9 Å². The number of carboxylic acids is 1. The molecule has 1 unspecified atom stereocenters. The fourth-order valence-electron chi connectivity index (χ4n) is 3.68. The van der Waals surface area contributed by atoms with Gasteiger partial charge in [-0.2, -0.15) is 5.10 Å². The second kappa shape index (κ2) is 7.56. The van der Waals surface area contributed by atoms with E-state index in [1.165, 1.54) is 4.90 Å². The molecule has 1 aliphatic carbocycles. The van der Waals surface area contributed by atoms with Crippen molar-refractivity contribution in [2.45, 2.75) is 57.9 Å². The number of aromatic nitrogens is 2. The van der Waals surface area contributed by atoms with E-state index in [0.717, 1.165) is 18.5 Å². The van der Waals surface area contributed by atoms with Crippen molar-refractivity contribution in [1.82, 2.24) is 19.6 Å². The number of likely N-dealkylation sites (tertiary alicyclic amines) is 1. The molecule has 3 rings (SSSR count). The number of carbonyl (C=O) groups is 3. The largest absolute Gasteiger partial charge is 0.481 e. The van der Waals surface area contributed by atoms with Gasteiger partial charge in [0.05, 0.1) is 18.0 Å². The van der Waals surface area contributed by atoms with E-state index in [4.69, 9.17) is 0 Å². The van der Waals surface area contributed by atoms with Crippen molar-refractivity contribution < 1.29 is 19.5 Å². The summed E-state index contributed by atoms with van der Waals surface area (Å²) in [5.41, 5.74) is 1.22. The SMILES string of the molecule is CN(CC(=O)N1CCCC(C(=O)O)C1)C(=O)c1cc(C2CC2)n(C(C)(C)C)n1. The molecule has 2 amide bonds. The van der Waals surface area contributed by atoms with E-state index < -0.39 is 11.9 Å². The van der Waals surface area contributed by atoms with Crippen molar-refractivity contribution in [1.29, 1.82) is 0 Å². The van der Waals surface area contributed by atoms with Gasteiger partial charge in [-0.3, -0.25) is 19.1 Å². The van der Waals surface area contributed by atoms with Crippen molar-refractivity contribution in [3.63, 3.8) is 0 Å². The highest BCUT2D eigenvalue weighted by Crippen LogP contribution is 2.41. The lowest BCUT2D eigenvalue weighted by Crippen LogP contribution is -2.47. The van der Waals surface area contributed by atoms with Crippen LogP contribution in [0.5, 0.6) is 0 Å². The summed E-state index contributed by atoms with van der Waals surface area (Å²) in [6.45, 7) is 6.84. The van der Waals surface area contributed by atoms with Crippen LogP contribution >= 0.6 is 0 Å². The Morgan fingerprint density at radius 2 is 1.93 bits per heavy atom. The average Bonchev–Trinajstić information content (AvgIpc) is 3.37. The van der Waals surface area contributed by atoms with E-state index in [1.807, 2.05) is 10.7 Å². The minimum Gasteiger partial charge on any atom is -0.481 e. The summed E-state index contributed by atoms with van der Waals surface area (Å²) >= 11 is 0. The van der Waals surface area contributed by atoms with Gasteiger partial charge in [0.2, 0.25) is 5.91 Å². The topological polar surface area (TPSA) is 95.7 Å². The van der Waals surface area contributed by atoms with Gasteiger partial charge in [0.15, 0.2) is 5.69 Å². The smallest absolute Gasteiger partial charge is 0.308 e. The number of carboxylic acid groups (broad SMARTS) is 1. The number of aliphatic carboxylic acids is 1. The average molecular weight is 390 g/mol. The summed E-state index contributed by atoms with van der Waals surface area (Å²) in [6.07, 6.45) is 3.48. The lowest BCUT2D eigenvalue weighted by atomic mass is 9.98. The van der Waals surface area contributed by atoms with Crippen LogP contribution in [-0.2, 0) is 15.1 Å². The Morgan fingerprint density at radius 1 is 1.25 bits per heavy atom. The number of rotatable bonds is 5. The summed E-state index contributed by atoms with van der Waals surface area (Å²) in [5, 5.41) is 13.7. The Balaban J connectivity index is 1.67. The van der Waals surface area contributed by atoms with Crippen LogP contribution in [0, 0.1) is 5.92 Å². The molecule has 1 atom stereocenters. The summed E-state index contributed by atoms with van der Waals surface area (Å²) in [4.78, 5) is 39.6. The maximum atomic E-state index is 12.9. The van der Waals surface area contributed by atoms with Gasteiger partial charge in [0.1, 0.15) is 0 Å². The first-order valence-corrected chi connectivity index (χ1v) is 9.94. The molecule has 1 saturated carbocycles. The van der Waals surface area contributed by atoms with E-state index in [0.29, 0.717) is 31.0 Å². The molecular formula is C20H30N4O4. The second-order valence-corrected chi connectivity index (χ2v) is 8.99. The van der Waals surface area contributed by atoms with E-state index in [9.17, 15) is 19.5 Å². The molecular weight excluding hydrogens is 360 g/mol. The second-order valence-electron chi connectivity index (χ2n) is 8.99. The molecule has 1 saturated heterocycles. The standard InChI is InChI=1S/C20H30N4O4/c1-20(2,3)24-16(13-7-8-13)10-15(21-24)18(26)22(4)12-17(25)23-9-5-6-14(11-23)19(27)28/h10,13-14H,5-9,11-12H2,1-4H3,(H,27,28). The molecule has 8 nitrogen and oxygen atoms in total. The normalized spacial score (nSPS) is 20.1. The highest BCUT2D eigenvalue weighted by Gasteiger charge is 2.34. The number of hydrogen-bond donors (Lipinski definition) is 1. The lowest BCUT2D eigenvalue weighted by Gasteiger charge is -2.31. The van der Waals surface area contributed by atoms with Crippen molar-refractivity contribution in [3.05, 3.63) is 17.5 Å². The summed E-state index contributed by atoms with van der Waals surface area (Å²) in [5.74, 6) is -1.45. The Labute approximate surface area is 165 Å². The first kappa shape index (κ1) is 20.4. The van der Waals surface area contributed by atoms with Crippen LogP contribution in [0.1, 0.15) is 68.6 Å². The number of likely N-dealkylation sites (N-methyl/N-ethyl adjacent to an activating group) is 1. The van der Waals surface area contributed by atoms with E-state index in [2.05, 4.69) is 25.9 Å². The third kappa shape index (κ3) is 4.36. The molecule has 154 valence electrons.